The molecule has 0 saturated carbocycles. The van der Waals surface area contributed by atoms with Crippen molar-refractivity contribution >= 4 is 49.5 Å². The third-order valence-corrected chi connectivity index (χ3v) is 0. The van der Waals surface area contributed by atoms with Crippen LogP contribution in [0, 0.1) is 0 Å². The maximum absolute atomic E-state index is 5.06. The molecule has 0 amide bonds. The third-order valence-electron chi connectivity index (χ3n) is 0. The van der Waals surface area contributed by atoms with E-state index in [-0.39, 0.29) is 0 Å². The van der Waals surface area contributed by atoms with Crippen LogP contribution in [0.4, 0.5) is 0 Å². The zero-order valence-electron chi connectivity index (χ0n) is 2.22. The van der Waals surface area contributed by atoms with E-state index in [1.165, 1.54) is 0 Å². The standard InChI is InChI=1S/4ClH.Sr/h4*1H;/q;;;;+4/p-4. The Kier molecular flexibility index (Phi) is 4.32. The Morgan fingerprint density at radius 1 is 0.800 bits per heavy atom. The quantitative estimate of drug-likeness (QED) is 0.560. The first kappa shape index (κ1) is 7.64. The van der Waals surface area contributed by atoms with Gasteiger partial charge in [0.1, 0.15) is 0 Å². The van der Waals surface area contributed by atoms with Crippen LogP contribution in [0.25, 0.3) is 0 Å². The van der Waals surface area contributed by atoms with Gasteiger partial charge in [0.25, 0.3) is 0 Å². The Bertz CT molecular complexity index is 19.1. The first-order chi connectivity index (χ1) is 2.00. The first-order valence-corrected chi connectivity index (χ1v) is 19.0. The molecule has 0 aromatic rings. The normalized spacial score (nSPS) is 12.0. The van der Waals surface area contributed by atoms with Crippen molar-refractivity contribution in [1.82, 2.24) is 0 Å². The van der Waals surface area contributed by atoms with Crippen molar-refractivity contribution in [1.29, 1.82) is 0 Å². The number of hydrogen-bond donors (Lipinski definition) is 0. The van der Waals surface area contributed by atoms with Gasteiger partial charge in [-0.15, -0.1) is 0 Å². The molecular formula is Cl4Sr. The van der Waals surface area contributed by atoms with Gasteiger partial charge in [-0.05, 0) is 0 Å². The second kappa shape index (κ2) is 2.83. The van der Waals surface area contributed by atoms with Gasteiger partial charge in [-0.25, -0.2) is 0 Å². The zero-order valence-corrected chi connectivity index (χ0v) is 8.72. The fraction of sp³-hybridized carbons (Fsp3) is 0. The van der Waals surface area contributed by atoms with Gasteiger partial charge in [-0.1, -0.05) is 0 Å². The number of halogens is 4. The topological polar surface area (TPSA) is 0 Å². The van der Waals surface area contributed by atoms with E-state index in [1.54, 1.807) is 0 Å². The van der Waals surface area contributed by atoms with Crippen molar-refractivity contribution in [2.45, 2.75) is 0 Å². The molecule has 0 N–H and O–H groups in total. The minimum absolute atomic E-state index is 3.45. The zero-order chi connectivity index (χ0) is 4.50. The molecule has 0 bridgehead atoms. The van der Waals surface area contributed by atoms with Crippen LogP contribution >= 0.6 is 19.6 Å². The van der Waals surface area contributed by atoms with E-state index in [0.717, 1.165) is 0 Å². The molecule has 0 unspecified atom stereocenters. The predicted octanol–water partition coefficient (Wildman–Crippen LogP) is 2.38. The number of hydrogen-bond acceptors (Lipinski definition) is 0. The van der Waals surface area contributed by atoms with Gasteiger partial charge in [-0.3, -0.25) is 0 Å². The number of rotatable bonds is 0. The van der Waals surface area contributed by atoms with Crippen LogP contribution < -0.4 is 0 Å². The Balaban J connectivity index is 3.02. The Hall–Kier alpha value is 2.64. The molecule has 0 aliphatic rings. The van der Waals surface area contributed by atoms with Crippen LogP contribution in [0.1, 0.15) is 0 Å². The second-order valence-corrected chi connectivity index (χ2v) is 32.3. The second-order valence-electron chi connectivity index (χ2n) is 0.606. The summed E-state index contributed by atoms with van der Waals surface area (Å²) in [6.07, 6.45) is 0. The molecule has 0 aliphatic heterocycles. The third kappa shape index (κ3) is 20.5. The SMILES string of the molecule is [Cl][Sr]([Cl])([Cl])[Cl]. The van der Waals surface area contributed by atoms with Crippen LogP contribution in [-0.4, -0.2) is 29.8 Å². The monoisotopic (exact) mass is 228 g/mol. The molecule has 0 aromatic carbocycles. The van der Waals surface area contributed by atoms with E-state index < -0.39 is 29.8 Å². The Morgan fingerprint density at radius 2 is 0.800 bits per heavy atom. The van der Waals surface area contributed by atoms with Gasteiger partial charge >= 0.3 is 49.5 Å². The summed E-state index contributed by atoms with van der Waals surface area (Å²) in [5.41, 5.74) is 0. The van der Waals surface area contributed by atoms with E-state index in [2.05, 4.69) is 0 Å². The fourth-order valence-corrected chi connectivity index (χ4v) is 0. The summed E-state index contributed by atoms with van der Waals surface area (Å²) in [5.74, 6) is 0. The van der Waals surface area contributed by atoms with Crippen LogP contribution in [0.15, 0.2) is 0 Å². The summed E-state index contributed by atoms with van der Waals surface area (Å²) in [5, 5.41) is 0. The summed E-state index contributed by atoms with van der Waals surface area (Å²) in [4.78, 5) is 20.2. The van der Waals surface area contributed by atoms with Gasteiger partial charge in [0.15, 0.2) is 0 Å². The van der Waals surface area contributed by atoms with Crippen molar-refractivity contribution < 1.29 is 0 Å². The molecule has 5 heteroatoms. The molecule has 2 radical (unpaired) electrons. The molecule has 0 atom stereocenters. The molecule has 0 aliphatic carbocycles. The molecule has 0 saturated heterocycles. The Labute approximate surface area is 47.7 Å². The molecule has 0 nitrogen and oxygen atoms in total. The van der Waals surface area contributed by atoms with Crippen molar-refractivity contribution in [2.24, 2.45) is 0 Å². The molecule has 0 heterocycles. The van der Waals surface area contributed by atoms with Crippen LogP contribution in [-0.2, 0) is 0 Å². The van der Waals surface area contributed by atoms with Crippen molar-refractivity contribution in [3.05, 3.63) is 0 Å². The molecule has 30 valence electrons. The van der Waals surface area contributed by atoms with E-state index in [9.17, 15) is 0 Å². The van der Waals surface area contributed by atoms with Crippen LogP contribution in [0.2, 0.25) is 0 Å². The van der Waals surface area contributed by atoms with Crippen LogP contribution in [0.5, 0.6) is 0 Å². The van der Waals surface area contributed by atoms with Crippen molar-refractivity contribution in [3.8, 4) is 0 Å². The van der Waals surface area contributed by atoms with E-state index in [1.807, 2.05) is 0 Å². The average molecular weight is 229 g/mol. The van der Waals surface area contributed by atoms with Gasteiger partial charge in [-0.2, -0.15) is 0 Å². The van der Waals surface area contributed by atoms with E-state index in [0.29, 0.717) is 0 Å². The van der Waals surface area contributed by atoms with Crippen LogP contribution in [0.3, 0.4) is 0 Å². The van der Waals surface area contributed by atoms with Crippen molar-refractivity contribution in [3.63, 3.8) is 0 Å². The summed E-state index contributed by atoms with van der Waals surface area (Å²) in [6, 6.07) is 0. The molecule has 5 heavy (non-hydrogen) atoms. The summed E-state index contributed by atoms with van der Waals surface area (Å²) in [7, 11) is 0. The summed E-state index contributed by atoms with van der Waals surface area (Å²) in [6.45, 7) is 0. The first-order valence-electron chi connectivity index (χ1n) is 1.07. The molecule has 0 spiro atoms. The average Bonchev–Trinajstić information content (AvgIpc) is 0.722. The minimum atomic E-state index is -3.45. The molecule has 0 fully saturated rings. The van der Waals surface area contributed by atoms with E-state index >= 15 is 0 Å². The van der Waals surface area contributed by atoms with Gasteiger partial charge < -0.3 is 0 Å². The maximum atomic E-state index is 5.06. The van der Waals surface area contributed by atoms with Crippen molar-refractivity contribution in [2.75, 3.05) is 0 Å². The molecule has 0 aromatic heterocycles. The molecule has 0 rings (SSSR count). The summed E-state index contributed by atoms with van der Waals surface area (Å²) >= 11 is -3.45. The van der Waals surface area contributed by atoms with Gasteiger partial charge in [0.2, 0.25) is 0 Å². The molecular weight excluding hydrogens is 229 g/mol. The predicted molar refractivity (Wildman–Crippen MR) is 29.2 cm³/mol. The van der Waals surface area contributed by atoms with Gasteiger partial charge in [0, 0.05) is 0 Å². The fourth-order valence-electron chi connectivity index (χ4n) is 0. The van der Waals surface area contributed by atoms with Gasteiger partial charge in [0.05, 0.1) is 0 Å². The summed E-state index contributed by atoms with van der Waals surface area (Å²) < 4.78 is 0. The van der Waals surface area contributed by atoms with E-state index in [4.69, 9.17) is 19.6 Å². The Morgan fingerprint density at radius 3 is 0.800 bits per heavy atom.